The molecule has 0 unspecified atom stereocenters. The van der Waals surface area contributed by atoms with Crippen molar-refractivity contribution in [2.24, 2.45) is 0 Å². The Morgan fingerprint density at radius 2 is 1.04 bits per heavy atom. The number of hydrogen-bond acceptors (Lipinski definition) is 3. The first-order chi connectivity index (χ1) is 12.9. The second-order valence-electron chi connectivity index (χ2n) is 6.03. The van der Waals surface area contributed by atoms with E-state index in [1.165, 1.54) is 5.56 Å². The summed E-state index contributed by atoms with van der Waals surface area (Å²) in [4.78, 5) is 9.44. The minimum atomic E-state index is 0.633. The zero-order valence-electron chi connectivity index (χ0n) is 14.3. The van der Waals surface area contributed by atoms with Crippen LogP contribution in [0.3, 0.4) is 0 Å². The van der Waals surface area contributed by atoms with Crippen molar-refractivity contribution in [3.63, 3.8) is 0 Å². The number of anilines is 1. The lowest BCUT2D eigenvalue weighted by atomic mass is 10.1. The fraction of sp³-hybridized carbons (Fsp3) is 0.0435. The molecule has 0 aliphatic rings. The fourth-order valence-corrected chi connectivity index (χ4v) is 2.82. The molecular weight excluding hydrogens is 318 g/mol. The molecule has 4 rings (SSSR count). The third kappa shape index (κ3) is 3.78. The molecule has 0 atom stereocenters. The molecule has 26 heavy (non-hydrogen) atoms. The first-order valence-corrected chi connectivity index (χ1v) is 8.66. The summed E-state index contributed by atoms with van der Waals surface area (Å²) in [5.74, 6) is 0.633. The summed E-state index contributed by atoms with van der Waals surface area (Å²) >= 11 is 0. The van der Waals surface area contributed by atoms with Crippen molar-refractivity contribution in [2.45, 2.75) is 6.54 Å². The van der Waals surface area contributed by atoms with Gasteiger partial charge in [0.1, 0.15) is 0 Å². The zero-order chi connectivity index (χ0) is 17.6. The van der Waals surface area contributed by atoms with Crippen LogP contribution < -0.4 is 5.32 Å². The van der Waals surface area contributed by atoms with Crippen LogP contribution in [0.5, 0.6) is 0 Å². The number of aromatic nitrogens is 2. The number of rotatable bonds is 5. The maximum atomic E-state index is 4.72. The van der Waals surface area contributed by atoms with Crippen molar-refractivity contribution in [1.29, 1.82) is 0 Å². The molecule has 0 saturated heterocycles. The lowest BCUT2D eigenvalue weighted by Gasteiger charge is -2.10. The Bertz CT molecular complexity index is 910. The molecule has 0 bridgehead atoms. The summed E-state index contributed by atoms with van der Waals surface area (Å²) in [6, 6.07) is 32.7. The van der Waals surface area contributed by atoms with E-state index in [9.17, 15) is 0 Å². The summed E-state index contributed by atoms with van der Waals surface area (Å²) in [7, 11) is 0. The molecule has 126 valence electrons. The molecule has 3 aromatic carbocycles. The summed E-state index contributed by atoms with van der Waals surface area (Å²) in [6.45, 7) is 0.688. The third-order valence-corrected chi connectivity index (χ3v) is 4.16. The van der Waals surface area contributed by atoms with Gasteiger partial charge in [-0.1, -0.05) is 91.0 Å². The standard InChI is InChI=1S/C23H19N3/c1-4-10-18(11-5-1)17-24-23-25-21(19-12-6-2-7-13-19)16-22(26-23)20-14-8-3-9-15-20/h1-16H,17H2,(H,24,25,26). The largest absolute Gasteiger partial charge is 0.350 e. The summed E-state index contributed by atoms with van der Waals surface area (Å²) < 4.78 is 0. The van der Waals surface area contributed by atoms with Crippen LogP contribution in [0.1, 0.15) is 5.56 Å². The van der Waals surface area contributed by atoms with E-state index >= 15 is 0 Å². The molecule has 1 heterocycles. The van der Waals surface area contributed by atoms with E-state index in [1.54, 1.807) is 0 Å². The van der Waals surface area contributed by atoms with E-state index in [0.29, 0.717) is 12.5 Å². The molecule has 0 amide bonds. The second-order valence-corrected chi connectivity index (χ2v) is 6.03. The van der Waals surface area contributed by atoms with Gasteiger partial charge in [-0.2, -0.15) is 0 Å². The van der Waals surface area contributed by atoms with Crippen molar-refractivity contribution in [3.05, 3.63) is 103 Å². The van der Waals surface area contributed by atoms with Gasteiger partial charge in [0.2, 0.25) is 5.95 Å². The van der Waals surface area contributed by atoms with E-state index in [1.807, 2.05) is 60.7 Å². The normalized spacial score (nSPS) is 10.5. The number of hydrogen-bond donors (Lipinski definition) is 1. The van der Waals surface area contributed by atoms with Gasteiger partial charge in [0.05, 0.1) is 11.4 Å². The highest BCUT2D eigenvalue weighted by molar-refractivity contribution is 5.69. The van der Waals surface area contributed by atoms with Crippen LogP contribution in [-0.2, 0) is 6.54 Å². The Hall–Kier alpha value is -3.46. The first kappa shape index (κ1) is 16.0. The van der Waals surface area contributed by atoms with Crippen molar-refractivity contribution in [1.82, 2.24) is 9.97 Å². The highest BCUT2D eigenvalue weighted by Crippen LogP contribution is 2.25. The van der Waals surface area contributed by atoms with Crippen LogP contribution >= 0.6 is 0 Å². The van der Waals surface area contributed by atoms with Crippen molar-refractivity contribution in [3.8, 4) is 22.5 Å². The molecule has 0 saturated carbocycles. The van der Waals surface area contributed by atoms with Gasteiger partial charge in [0, 0.05) is 17.7 Å². The average Bonchev–Trinajstić information content (AvgIpc) is 2.74. The van der Waals surface area contributed by atoms with Gasteiger partial charge < -0.3 is 5.32 Å². The van der Waals surface area contributed by atoms with E-state index in [0.717, 1.165) is 22.5 Å². The minimum Gasteiger partial charge on any atom is -0.350 e. The maximum absolute atomic E-state index is 4.72. The van der Waals surface area contributed by atoms with Gasteiger partial charge >= 0.3 is 0 Å². The number of nitrogens with zero attached hydrogens (tertiary/aromatic N) is 2. The molecule has 0 fully saturated rings. The van der Waals surface area contributed by atoms with Crippen LogP contribution in [-0.4, -0.2) is 9.97 Å². The molecule has 0 aliphatic carbocycles. The number of benzene rings is 3. The van der Waals surface area contributed by atoms with Gasteiger partial charge in [0.25, 0.3) is 0 Å². The predicted octanol–water partition coefficient (Wildman–Crippen LogP) is 5.42. The van der Waals surface area contributed by atoms with Crippen molar-refractivity contribution < 1.29 is 0 Å². The van der Waals surface area contributed by atoms with Crippen molar-refractivity contribution in [2.75, 3.05) is 5.32 Å². The van der Waals surface area contributed by atoms with Gasteiger partial charge in [-0.05, 0) is 11.6 Å². The van der Waals surface area contributed by atoms with Crippen LogP contribution in [0, 0.1) is 0 Å². The van der Waals surface area contributed by atoms with E-state index in [4.69, 9.17) is 9.97 Å². The molecule has 0 spiro atoms. The Morgan fingerprint density at radius 3 is 1.54 bits per heavy atom. The smallest absolute Gasteiger partial charge is 0.224 e. The van der Waals surface area contributed by atoms with E-state index in [-0.39, 0.29) is 0 Å². The third-order valence-electron chi connectivity index (χ3n) is 4.16. The average molecular weight is 337 g/mol. The van der Waals surface area contributed by atoms with E-state index < -0.39 is 0 Å². The molecule has 0 radical (unpaired) electrons. The number of nitrogens with one attached hydrogen (secondary N) is 1. The summed E-state index contributed by atoms with van der Waals surface area (Å²) in [5.41, 5.74) is 5.18. The highest BCUT2D eigenvalue weighted by atomic mass is 15.1. The van der Waals surface area contributed by atoms with Gasteiger partial charge in [0.15, 0.2) is 0 Å². The Morgan fingerprint density at radius 1 is 0.577 bits per heavy atom. The molecule has 1 N–H and O–H groups in total. The lowest BCUT2D eigenvalue weighted by molar-refractivity contribution is 1.06. The van der Waals surface area contributed by atoms with Gasteiger partial charge in [-0.3, -0.25) is 0 Å². The minimum absolute atomic E-state index is 0.633. The monoisotopic (exact) mass is 337 g/mol. The highest BCUT2D eigenvalue weighted by Gasteiger charge is 2.08. The fourth-order valence-electron chi connectivity index (χ4n) is 2.82. The van der Waals surface area contributed by atoms with Crippen LogP contribution in [0.15, 0.2) is 97.1 Å². The van der Waals surface area contributed by atoms with Crippen LogP contribution in [0.25, 0.3) is 22.5 Å². The molecule has 0 aliphatic heterocycles. The molecule has 1 aromatic heterocycles. The predicted molar refractivity (Wildman–Crippen MR) is 107 cm³/mol. The molecule has 3 heteroatoms. The topological polar surface area (TPSA) is 37.8 Å². The maximum Gasteiger partial charge on any atom is 0.224 e. The van der Waals surface area contributed by atoms with Gasteiger partial charge in [-0.15, -0.1) is 0 Å². The van der Waals surface area contributed by atoms with Crippen LogP contribution in [0.4, 0.5) is 5.95 Å². The SMILES string of the molecule is c1ccc(CNc2nc(-c3ccccc3)cc(-c3ccccc3)n2)cc1. The Kier molecular flexibility index (Phi) is 4.70. The molecular formula is C23H19N3. The van der Waals surface area contributed by atoms with Crippen molar-refractivity contribution >= 4 is 5.95 Å². The Labute approximate surface area is 153 Å². The quantitative estimate of drug-likeness (QED) is 0.528. The van der Waals surface area contributed by atoms with Crippen LogP contribution in [0.2, 0.25) is 0 Å². The summed E-state index contributed by atoms with van der Waals surface area (Å²) in [6.07, 6.45) is 0. The zero-order valence-corrected chi connectivity index (χ0v) is 14.3. The molecule has 4 aromatic rings. The summed E-state index contributed by atoms with van der Waals surface area (Å²) in [5, 5.41) is 3.36. The second kappa shape index (κ2) is 7.62. The lowest BCUT2D eigenvalue weighted by Crippen LogP contribution is -2.05. The Balaban J connectivity index is 1.70. The van der Waals surface area contributed by atoms with Gasteiger partial charge in [-0.25, -0.2) is 9.97 Å². The first-order valence-electron chi connectivity index (χ1n) is 8.66. The molecule has 3 nitrogen and oxygen atoms in total. The van der Waals surface area contributed by atoms with E-state index in [2.05, 4.69) is 41.7 Å².